The number of hydrogen-bond donors (Lipinski definition) is 1. The van der Waals surface area contributed by atoms with Gasteiger partial charge in [-0.05, 0) is 38.3 Å². The monoisotopic (exact) mass is 297 g/mol. The lowest BCUT2D eigenvalue weighted by atomic mass is 10.0. The van der Waals surface area contributed by atoms with Crippen LogP contribution >= 0.6 is 0 Å². The van der Waals surface area contributed by atoms with Crippen LogP contribution < -0.4 is 0 Å². The number of nitrogens with zero attached hydrogens (tertiary/aromatic N) is 1. The highest BCUT2D eigenvalue weighted by Gasteiger charge is 2.28. The van der Waals surface area contributed by atoms with Gasteiger partial charge in [0.25, 0.3) is 5.91 Å². The summed E-state index contributed by atoms with van der Waals surface area (Å²) >= 11 is 0. The first-order chi connectivity index (χ1) is 9.99. The molecule has 1 fully saturated rings. The van der Waals surface area contributed by atoms with Gasteiger partial charge in [0.15, 0.2) is 0 Å². The normalized spacial score (nSPS) is 21.0. The predicted molar refractivity (Wildman–Crippen MR) is 75.9 cm³/mol. The van der Waals surface area contributed by atoms with E-state index < -0.39 is 23.6 Å². The van der Waals surface area contributed by atoms with Crippen LogP contribution in [0.15, 0.2) is 18.2 Å². The number of amides is 1. The van der Waals surface area contributed by atoms with Gasteiger partial charge in [-0.1, -0.05) is 12.8 Å². The maximum atomic E-state index is 13.8. The molecule has 1 aromatic carbocycles. The van der Waals surface area contributed by atoms with Crippen molar-refractivity contribution >= 4 is 5.91 Å². The summed E-state index contributed by atoms with van der Waals surface area (Å²) in [6.07, 6.45) is 3.65. The van der Waals surface area contributed by atoms with Crippen molar-refractivity contribution in [2.24, 2.45) is 0 Å². The first-order valence-corrected chi connectivity index (χ1v) is 7.43. The summed E-state index contributed by atoms with van der Waals surface area (Å²) in [5.41, 5.74) is -0.103. The number of halogens is 2. The number of aliphatic hydroxyl groups is 1. The molecule has 2 rings (SSSR count). The van der Waals surface area contributed by atoms with Crippen LogP contribution in [0.5, 0.6) is 0 Å². The summed E-state index contributed by atoms with van der Waals surface area (Å²) in [7, 11) is 0. The SMILES string of the molecule is CC(O)CC1CCCCCN1C(=O)c1ccc(F)cc1F. The van der Waals surface area contributed by atoms with E-state index in [9.17, 15) is 18.7 Å². The zero-order chi connectivity index (χ0) is 15.4. The second-order valence-electron chi connectivity index (χ2n) is 5.71. The van der Waals surface area contributed by atoms with Gasteiger partial charge in [-0.25, -0.2) is 8.78 Å². The van der Waals surface area contributed by atoms with Gasteiger partial charge in [-0.15, -0.1) is 0 Å². The lowest BCUT2D eigenvalue weighted by molar-refractivity contribution is 0.0602. The van der Waals surface area contributed by atoms with Crippen molar-refractivity contribution in [3.63, 3.8) is 0 Å². The number of carbonyl (C=O) groups excluding carboxylic acids is 1. The molecule has 2 atom stereocenters. The fourth-order valence-electron chi connectivity index (χ4n) is 2.90. The molecule has 1 amide bonds. The second kappa shape index (κ2) is 6.98. The van der Waals surface area contributed by atoms with Crippen molar-refractivity contribution in [3.8, 4) is 0 Å². The zero-order valence-electron chi connectivity index (χ0n) is 12.2. The molecule has 2 unspecified atom stereocenters. The Morgan fingerprint density at radius 1 is 1.38 bits per heavy atom. The van der Waals surface area contributed by atoms with Gasteiger partial charge in [-0.3, -0.25) is 4.79 Å². The lowest BCUT2D eigenvalue weighted by Gasteiger charge is -2.31. The highest BCUT2D eigenvalue weighted by Crippen LogP contribution is 2.23. The average molecular weight is 297 g/mol. The van der Waals surface area contributed by atoms with E-state index in [1.165, 1.54) is 6.07 Å². The summed E-state index contributed by atoms with van der Waals surface area (Å²) in [4.78, 5) is 14.2. The van der Waals surface area contributed by atoms with Crippen LogP contribution in [0.25, 0.3) is 0 Å². The lowest BCUT2D eigenvalue weighted by Crippen LogP contribution is -2.41. The summed E-state index contributed by atoms with van der Waals surface area (Å²) in [6.45, 7) is 2.24. The molecular formula is C16H21F2NO2. The Hall–Kier alpha value is -1.49. The smallest absolute Gasteiger partial charge is 0.257 e. The average Bonchev–Trinajstić information content (AvgIpc) is 2.63. The van der Waals surface area contributed by atoms with E-state index in [1.54, 1.807) is 11.8 Å². The third kappa shape index (κ3) is 4.00. The summed E-state index contributed by atoms with van der Waals surface area (Å²) in [5, 5.41) is 9.60. The topological polar surface area (TPSA) is 40.5 Å². The van der Waals surface area contributed by atoms with Gasteiger partial charge in [-0.2, -0.15) is 0 Å². The van der Waals surface area contributed by atoms with E-state index in [4.69, 9.17) is 0 Å². The zero-order valence-corrected chi connectivity index (χ0v) is 12.2. The third-order valence-corrected chi connectivity index (χ3v) is 3.91. The highest BCUT2D eigenvalue weighted by atomic mass is 19.1. The Labute approximate surface area is 123 Å². The predicted octanol–water partition coefficient (Wildman–Crippen LogP) is 3.12. The van der Waals surface area contributed by atoms with Crippen molar-refractivity contribution in [1.82, 2.24) is 4.90 Å². The number of likely N-dealkylation sites (tertiary alicyclic amines) is 1. The van der Waals surface area contributed by atoms with Gasteiger partial charge in [0.05, 0.1) is 11.7 Å². The molecule has 0 radical (unpaired) electrons. The van der Waals surface area contributed by atoms with Gasteiger partial charge < -0.3 is 10.0 Å². The Bertz CT molecular complexity index is 505. The van der Waals surface area contributed by atoms with Crippen LogP contribution in [0.4, 0.5) is 8.78 Å². The Morgan fingerprint density at radius 3 is 2.81 bits per heavy atom. The molecule has 1 aliphatic heterocycles. The fraction of sp³-hybridized carbons (Fsp3) is 0.562. The quantitative estimate of drug-likeness (QED) is 0.931. The van der Waals surface area contributed by atoms with Crippen LogP contribution in [0, 0.1) is 11.6 Å². The molecule has 1 aromatic rings. The molecule has 5 heteroatoms. The van der Waals surface area contributed by atoms with E-state index >= 15 is 0 Å². The van der Waals surface area contributed by atoms with Crippen LogP contribution in [0.2, 0.25) is 0 Å². The molecule has 1 saturated heterocycles. The Kier molecular flexibility index (Phi) is 5.28. The minimum absolute atomic E-state index is 0.0931. The first-order valence-electron chi connectivity index (χ1n) is 7.43. The fourth-order valence-corrected chi connectivity index (χ4v) is 2.90. The molecule has 1 N–H and O–H groups in total. The molecule has 0 aliphatic carbocycles. The van der Waals surface area contributed by atoms with E-state index in [0.717, 1.165) is 37.8 Å². The van der Waals surface area contributed by atoms with Crippen LogP contribution in [0.3, 0.4) is 0 Å². The highest BCUT2D eigenvalue weighted by molar-refractivity contribution is 5.94. The molecule has 21 heavy (non-hydrogen) atoms. The van der Waals surface area contributed by atoms with Gasteiger partial charge in [0, 0.05) is 18.7 Å². The molecule has 1 heterocycles. The minimum Gasteiger partial charge on any atom is -0.393 e. The number of aliphatic hydroxyl groups excluding tert-OH is 1. The van der Waals surface area contributed by atoms with Crippen molar-refractivity contribution < 1.29 is 18.7 Å². The minimum atomic E-state index is -0.833. The summed E-state index contributed by atoms with van der Waals surface area (Å²) < 4.78 is 26.8. The maximum absolute atomic E-state index is 13.8. The van der Waals surface area contributed by atoms with Crippen LogP contribution in [-0.2, 0) is 0 Å². The van der Waals surface area contributed by atoms with Crippen LogP contribution in [0.1, 0.15) is 49.4 Å². The van der Waals surface area contributed by atoms with Crippen molar-refractivity contribution in [2.75, 3.05) is 6.54 Å². The van der Waals surface area contributed by atoms with Gasteiger partial charge >= 0.3 is 0 Å². The Balaban J connectivity index is 2.24. The molecule has 116 valence electrons. The van der Waals surface area contributed by atoms with E-state index in [0.29, 0.717) is 13.0 Å². The molecule has 3 nitrogen and oxygen atoms in total. The van der Waals surface area contributed by atoms with Gasteiger partial charge in [0.2, 0.25) is 0 Å². The standard InChI is InChI=1S/C16H21F2NO2/c1-11(20)9-13-5-3-2-4-8-19(13)16(21)14-7-6-12(17)10-15(14)18/h6-7,10-11,13,20H,2-5,8-9H2,1H3. The summed E-state index contributed by atoms with van der Waals surface area (Å²) in [6, 6.07) is 2.92. The van der Waals surface area contributed by atoms with E-state index in [1.807, 2.05) is 0 Å². The first kappa shape index (κ1) is 15.9. The third-order valence-electron chi connectivity index (χ3n) is 3.91. The number of hydrogen-bond acceptors (Lipinski definition) is 2. The molecule has 0 bridgehead atoms. The molecular weight excluding hydrogens is 276 g/mol. The summed E-state index contributed by atoms with van der Waals surface area (Å²) in [5.74, 6) is -1.94. The van der Waals surface area contributed by atoms with E-state index in [-0.39, 0.29) is 11.6 Å². The van der Waals surface area contributed by atoms with Crippen LogP contribution in [-0.4, -0.2) is 34.6 Å². The Morgan fingerprint density at radius 2 is 2.14 bits per heavy atom. The van der Waals surface area contributed by atoms with E-state index in [2.05, 4.69) is 0 Å². The van der Waals surface area contributed by atoms with Gasteiger partial charge in [0.1, 0.15) is 11.6 Å². The largest absolute Gasteiger partial charge is 0.393 e. The molecule has 0 spiro atoms. The molecule has 1 aliphatic rings. The van der Waals surface area contributed by atoms with Crippen molar-refractivity contribution in [1.29, 1.82) is 0 Å². The van der Waals surface area contributed by atoms with Crippen molar-refractivity contribution in [2.45, 2.75) is 51.2 Å². The van der Waals surface area contributed by atoms with Crippen molar-refractivity contribution in [3.05, 3.63) is 35.4 Å². The molecule has 0 saturated carbocycles. The number of carbonyl (C=O) groups is 1. The number of benzene rings is 1. The second-order valence-corrected chi connectivity index (χ2v) is 5.71. The molecule has 0 aromatic heterocycles. The number of rotatable bonds is 3. The maximum Gasteiger partial charge on any atom is 0.257 e.